The molecule has 1 saturated heterocycles. The summed E-state index contributed by atoms with van der Waals surface area (Å²) < 4.78 is 27.3. The van der Waals surface area contributed by atoms with E-state index in [1.54, 1.807) is 46.8 Å². The molecule has 1 heterocycles. The molecule has 0 aromatic heterocycles. The van der Waals surface area contributed by atoms with Gasteiger partial charge >= 0.3 is 0 Å². The highest BCUT2D eigenvalue weighted by atomic mass is 32.2. The van der Waals surface area contributed by atoms with E-state index >= 15 is 0 Å². The molecule has 0 bridgehead atoms. The topological polar surface area (TPSA) is 95.6 Å². The smallest absolute Gasteiger partial charge is 0.251 e. The summed E-state index contributed by atoms with van der Waals surface area (Å²) in [4.78, 5) is 24.5. The Morgan fingerprint density at radius 1 is 0.909 bits per heavy atom. The third-order valence-electron chi connectivity index (χ3n) is 5.78. The van der Waals surface area contributed by atoms with E-state index < -0.39 is 10.0 Å². The Bertz CT molecular complexity index is 1040. The molecule has 7 nitrogen and oxygen atoms in total. The Morgan fingerprint density at radius 2 is 1.61 bits per heavy atom. The molecule has 3 rings (SSSR count). The van der Waals surface area contributed by atoms with Crippen LogP contribution in [0.2, 0.25) is 0 Å². The monoisotopic (exact) mass is 471 g/mol. The van der Waals surface area contributed by atoms with Gasteiger partial charge in [-0.3, -0.25) is 9.59 Å². The van der Waals surface area contributed by atoms with Crippen molar-refractivity contribution >= 4 is 21.8 Å². The van der Waals surface area contributed by atoms with Crippen LogP contribution in [0.25, 0.3) is 0 Å². The van der Waals surface area contributed by atoms with Crippen LogP contribution in [0.15, 0.2) is 53.4 Å². The van der Waals surface area contributed by atoms with Crippen LogP contribution in [-0.2, 0) is 27.8 Å². The summed E-state index contributed by atoms with van der Waals surface area (Å²) in [7, 11) is -3.46. The van der Waals surface area contributed by atoms with Crippen molar-refractivity contribution in [3.05, 3.63) is 65.2 Å². The maximum Gasteiger partial charge on any atom is 0.251 e. The maximum atomic E-state index is 12.9. The van der Waals surface area contributed by atoms with Crippen molar-refractivity contribution in [2.75, 3.05) is 19.6 Å². The standard InChI is InChI=1S/C25H33N3O4S/c1-2-26-25(30)22-9-7-8-21(18-22)19-27-24(29)15-12-20-10-13-23(14-11-20)33(31,32)28-16-5-3-4-6-17-28/h7-11,13-14,18H,2-6,12,15-17,19H2,1H3,(H,26,30)(H,27,29). The number of hydrogen-bond donors (Lipinski definition) is 2. The van der Waals surface area contributed by atoms with Crippen molar-refractivity contribution in [1.29, 1.82) is 0 Å². The minimum atomic E-state index is -3.46. The maximum absolute atomic E-state index is 12.9. The number of carbonyl (C=O) groups is 2. The minimum Gasteiger partial charge on any atom is -0.352 e. The van der Waals surface area contributed by atoms with Gasteiger partial charge in [0.25, 0.3) is 5.91 Å². The molecule has 0 aliphatic carbocycles. The van der Waals surface area contributed by atoms with Gasteiger partial charge in [0.1, 0.15) is 0 Å². The van der Waals surface area contributed by atoms with Crippen molar-refractivity contribution in [3.63, 3.8) is 0 Å². The Morgan fingerprint density at radius 3 is 2.27 bits per heavy atom. The van der Waals surface area contributed by atoms with E-state index in [-0.39, 0.29) is 11.8 Å². The van der Waals surface area contributed by atoms with E-state index in [9.17, 15) is 18.0 Å². The molecule has 2 N–H and O–H groups in total. The molecule has 0 unspecified atom stereocenters. The minimum absolute atomic E-state index is 0.0975. The van der Waals surface area contributed by atoms with Crippen LogP contribution in [0.3, 0.4) is 0 Å². The van der Waals surface area contributed by atoms with Crippen molar-refractivity contribution < 1.29 is 18.0 Å². The normalized spacial score (nSPS) is 14.9. The summed E-state index contributed by atoms with van der Waals surface area (Å²) in [5, 5.41) is 5.64. The highest BCUT2D eigenvalue weighted by Crippen LogP contribution is 2.21. The number of carbonyl (C=O) groups excluding carboxylic acids is 2. The van der Waals surface area contributed by atoms with Crippen LogP contribution in [0, 0.1) is 0 Å². The van der Waals surface area contributed by atoms with Gasteiger partial charge in [0.2, 0.25) is 15.9 Å². The molecule has 0 spiro atoms. The average Bonchev–Trinajstić information content (AvgIpc) is 3.12. The van der Waals surface area contributed by atoms with Crippen molar-refractivity contribution in [1.82, 2.24) is 14.9 Å². The van der Waals surface area contributed by atoms with E-state index in [0.29, 0.717) is 49.5 Å². The highest BCUT2D eigenvalue weighted by molar-refractivity contribution is 7.89. The zero-order valence-corrected chi connectivity index (χ0v) is 20.0. The average molecular weight is 472 g/mol. The number of aryl methyl sites for hydroxylation is 1. The van der Waals surface area contributed by atoms with Crippen LogP contribution in [0.1, 0.15) is 60.5 Å². The number of sulfonamides is 1. The third kappa shape index (κ3) is 7.14. The lowest BCUT2D eigenvalue weighted by Gasteiger charge is -2.20. The summed E-state index contributed by atoms with van der Waals surface area (Å²) in [6.45, 7) is 3.93. The first kappa shape index (κ1) is 24.9. The second-order valence-corrected chi connectivity index (χ2v) is 10.2. The number of nitrogens with one attached hydrogen (secondary N) is 2. The van der Waals surface area contributed by atoms with Gasteiger partial charge in [-0.05, 0) is 61.6 Å². The molecule has 1 aliphatic rings. The first-order valence-corrected chi connectivity index (χ1v) is 13.1. The molecule has 0 saturated carbocycles. The third-order valence-corrected chi connectivity index (χ3v) is 7.70. The lowest BCUT2D eigenvalue weighted by molar-refractivity contribution is -0.121. The van der Waals surface area contributed by atoms with Crippen LogP contribution < -0.4 is 10.6 Å². The van der Waals surface area contributed by atoms with Gasteiger partial charge in [0.05, 0.1) is 4.90 Å². The molecule has 1 fully saturated rings. The predicted molar refractivity (Wildman–Crippen MR) is 128 cm³/mol. The zero-order valence-electron chi connectivity index (χ0n) is 19.2. The fourth-order valence-electron chi connectivity index (χ4n) is 3.89. The van der Waals surface area contributed by atoms with E-state index in [4.69, 9.17) is 0 Å². The van der Waals surface area contributed by atoms with Crippen LogP contribution in [0.5, 0.6) is 0 Å². The van der Waals surface area contributed by atoms with Gasteiger partial charge in [-0.25, -0.2) is 8.42 Å². The first-order chi connectivity index (χ1) is 15.9. The summed E-state index contributed by atoms with van der Waals surface area (Å²) in [5.41, 5.74) is 2.34. The van der Waals surface area contributed by atoms with E-state index in [1.807, 2.05) is 13.0 Å². The predicted octanol–water partition coefficient (Wildman–Crippen LogP) is 3.25. The Balaban J connectivity index is 1.49. The molecule has 33 heavy (non-hydrogen) atoms. The molecule has 0 radical (unpaired) electrons. The van der Waals surface area contributed by atoms with Gasteiger partial charge in [-0.2, -0.15) is 4.31 Å². The molecule has 2 aromatic rings. The van der Waals surface area contributed by atoms with Gasteiger partial charge in [-0.1, -0.05) is 37.1 Å². The molecular weight excluding hydrogens is 438 g/mol. The van der Waals surface area contributed by atoms with E-state index in [2.05, 4.69) is 10.6 Å². The lowest BCUT2D eigenvalue weighted by atomic mass is 10.1. The van der Waals surface area contributed by atoms with E-state index in [1.165, 1.54) is 0 Å². The molecule has 178 valence electrons. The summed E-state index contributed by atoms with van der Waals surface area (Å²) >= 11 is 0. The number of rotatable bonds is 9. The highest BCUT2D eigenvalue weighted by Gasteiger charge is 2.24. The number of amides is 2. The summed E-state index contributed by atoms with van der Waals surface area (Å²) in [5.74, 6) is -0.230. The van der Waals surface area contributed by atoms with Gasteiger partial charge in [0.15, 0.2) is 0 Å². The quantitative estimate of drug-likeness (QED) is 0.587. The Kier molecular flexibility index (Phi) is 9.03. The molecule has 8 heteroatoms. The van der Waals surface area contributed by atoms with Crippen LogP contribution in [0.4, 0.5) is 0 Å². The van der Waals surface area contributed by atoms with Gasteiger partial charge in [0, 0.05) is 38.2 Å². The van der Waals surface area contributed by atoms with Crippen molar-refractivity contribution in [2.24, 2.45) is 0 Å². The van der Waals surface area contributed by atoms with Gasteiger partial charge in [-0.15, -0.1) is 0 Å². The molecule has 1 aliphatic heterocycles. The Hall–Kier alpha value is -2.71. The van der Waals surface area contributed by atoms with Crippen LogP contribution in [-0.4, -0.2) is 44.2 Å². The number of benzene rings is 2. The fraction of sp³-hybridized carbons (Fsp3) is 0.440. The zero-order chi connectivity index (χ0) is 23.7. The second kappa shape index (κ2) is 12.0. The second-order valence-electron chi connectivity index (χ2n) is 8.30. The molecular formula is C25H33N3O4S. The molecule has 2 amide bonds. The van der Waals surface area contributed by atoms with E-state index in [0.717, 1.165) is 36.8 Å². The Labute approximate surface area is 196 Å². The number of hydrogen-bond acceptors (Lipinski definition) is 4. The first-order valence-electron chi connectivity index (χ1n) is 11.6. The summed E-state index contributed by atoms with van der Waals surface area (Å²) in [6, 6.07) is 14.0. The molecule has 0 atom stereocenters. The molecule has 2 aromatic carbocycles. The van der Waals surface area contributed by atoms with Gasteiger partial charge < -0.3 is 10.6 Å². The number of nitrogens with zero attached hydrogens (tertiary/aromatic N) is 1. The SMILES string of the molecule is CCNC(=O)c1cccc(CNC(=O)CCc2ccc(S(=O)(=O)N3CCCCCC3)cc2)c1. The summed E-state index contributed by atoms with van der Waals surface area (Å²) in [6.07, 6.45) is 4.79. The largest absolute Gasteiger partial charge is 0.352 e. The fourth-order valence-corrected chi connectivity index (χ4v) is 5.41. The van der Waals surface area contributed by atoms with Crippen LogP contribution >= 0.6 is 0 Å². The lowest BCUT2D eigenvalue weighted by Crippen LogP contribution is -2.31. The van der Waals surface area contributed by atoms with Crippen molar-refractivity contribution in [2.45, 2.75) is 56.9 Å². The van der Waals surface area contributed by atoms with Crippen molar-refractivity contribution in [3.8, 4) is 0 Å².